The minimum absolute atomic E-state index is 0.0400. The Bertz CT molecular complexity index is 1250. The van der Waals surface area contributed by atoms with Crippen molar-refractivity contribution in [3.05, 3.63) is 76.0 Å². The lowest BCUT2D eigenvalue weighted by Crippen LogP contribution is -2.08. The molecule has 0 N–H and O–H groups in total. The molecule has 4 aromatic rings. The van der Waals surface area contributed by atoms with E-state index in [1.165, 1.54) is 0 Å². The number of hydrogen-bond donors (Lipinski definition) is 0. The van der Waals surface area contributed by atoms with Crippen LogP contribution in [0.25, 0.3) is 27.5 Å². The summed E-state index contributed by atoms with van der Waals surface area (Å²) in [6, 6.07) is 15.4. The molecule has 0 aliphatic rings. The van der Waals surface area contributed by atoms with E-state index in [1.54, 1.807) is 41.0 Å². The molecule has 1 aromatic heterocycles. The van der Waals surface area contributed by atoms with Gasteiger partial charge in [-0.2, -0.15) is 18.4 Å². The van der Waals surface area contributed by atoms with Gasteiger partial charge in [0.25, 0.3) is 0 Å². The Morgan fingerprint density at radius 1 is 0.926 bits per heavy atom. The molecule has 3 aromatic carbocycles. The zero-order chi connectivity index (χ0) is 19.3. The highest BCUT2D eigenvalue weighted by Crippen LogP contribution is 2.39. The molecule has 0 bridgehead atoms. The molecule has 27 heavy (non-hydrogen) atoms. The van der Waals surface area contributed by atoms with Gasteiger partial charge in [0.2, 0.25) is 0 Å². The molecule has 0 aliphatic carbocycles. The number of fused-ring (bicyclic) bond motifs is 3. The molecule has 7 heteroatoms. The third kappa shape index (κ3) is 2.77. The highest BCUT2D eigenvalue weighted by molar-refractivity contribution is 9.10. The van der Waals surface area contributed by atoms with Gasteiger partial charge in [-0.3, -0.25) is 0 Å². The van der Waals surface area contributed by atoms with E-state index in [0.29, 0.717) is 28.0 Å². The number of nitriles is 1. The molecule has 0 aliphatic heterocycles. The Morgan fingerprint density at radius 3 is 2.33 bits per heavy atom. The van der Waals surface area contributed by atoms with E-state index in [-0.39, 0.29) is 10.2 Å². The van der Waals surface area contributed by atoms with Crippen molar-refractivity contribution in [3.8, 4) is 11.8 Å². The van der Waals surface area contributed by atoms with Crippen LogP contribution in [-0.4, -0.2) is 4.57 Å². The predicted molar refractivity (Wildman–Crippen MR) is 98.2 cm³/mol. The summed E-state index contributed by atoms with van der Waals surface area (Å²) in [4.78, 5) is 0. The van der Waals surface area contributed by atoms with Gasteiger partial charge in [-0.15, -0.1) is 0 Å². The van der Waals surface area contributed by atoms with E-state index in [1.807, 2.05) is 6.07 Å². The number of alkyl halides is 3. The Labute approximate surface area is 159 Å². The Morgan fingerprint density at radius 2 is 1.63 bits per heavy atom. The van der Waals surface area contributed by atoms with Crippen LogP contribution in [0.1, 0.15) is 11.1 Å². The topological polar surface area (TPSA) is 28.7 Å². The number of hydrogen-bond acceptors (Lipinski definition) is 1. The second-order valence-corrected chi connectivity index (χ2v) is 6.78. The minimum Gasteiger partial charge on any atom is -0.308 e. The number of benzene rings is 3. The van der Waals surface area contributed by atoms with Crippen LogP contribution in [0.2, 0.25) is 0 Å². The first kappa shape index (κ1) is 17.6. The summed E-state index contributed by atoms with van der Waals surface area (Å²) >= 11 is 3.09. The average molecular weight is 433 g/mol. The van der Waals surface area contributed by atoms with Crippen LogP contribution in [0.5, 0.6) is 0 Å². The molecule has 0 spiro atoms. The van der Waals surface area contributed by atoms with Crippen LogP contribution < -0.4 is 0 Å². The van der Waals surface area contributed by atoms with Gasteiger partial charge in [0, 0.05) is 10.8 Å². The summed E-state index contributed by atoms with van der Waals surface area (Å²) < 4.78 is 55.4. The largest absolute Gasteiger partial charge is 0.416 e. The SMILES string of the molecule is N#Cc1ccc2c(c1)c1ccccc1n2-c1cc(C(F)(F)F)cc(F)c1Br. The molecule has 0 atom stereocenters. The standard InChI is InChI=1S/C20H9BrF4N2/c21-19-15(22)8-12(20(23,24)25)9-18(19)27-16-4-2-1-3-13(16)14-7-11(10-26)5-6-17(14)27/h1-9H. The van der Waals surface area contributed by atoms with Crippen LogP contribution >= 0.6 is 15.9 Å². The summed E-state index contributed by atoms with van der Waals surface area (Å²) in [7, 11) is 0. The maximum absolute atomic E-state index is 14.3. The van der Waals surface area contributed by atoms with Crippen molar-refractivity contribution in [2.75, 3.05) is 0 Å². The molecule has 2 nitrogen and oxygen atoms in total. The highest BCUT2D eigenvalue weighted by atomic mass is 79.9. The molecule has 0 saturated heterocycles. The smallest absolute Gasteiger partial charge is 0.308 e. The maximum atomic E-state index is 14.3. The van der Waals surface area contributed by atoms with Crippen LogP contribution in [0.3, 0.4) is 0 Å². The molecule has 4 rings (SSSR count). The second kappa shape index (κ2) is 6.10. The summed E-state index contributed by atoms with van der Waals surface area (Å²) in [6.45, 7) is 0. The van der Waals surface area contributed by atoms with E-state index < -0.39 is 17.6 Å². The lowest BCUT2D eigenvalue weighted by atomic mass is 10.1. The van der Waals surface area contributed by atoms with Gasteiger partial charge < -0.3 is 4.57 Å². The number of aromatic nitrogens is 1. The average Bonchev–Trinajstić information content (AvgIpc) is 2.96. The van der Waals surface area contributed by atoms with Crippen molar-refractivity contribution in [2.45, 2.75) is 6.18 Å². The summed E-state index contributed by atoms with van der Waals surface area (Å²) in [5.41, 5.74) is 0.590. The monoisotopic (exact) mass is 432 g/mol. The first-order valence-electron chi connectivity index (χ1n) is 7.81. The summed E-state index contributed by atoms with van der Waals surface area (Å²) in [5.74, 6) is -1.00. The number of para-hydroxylation sites is 1. The Hall–Kier alpha value is -2.85. The van der Waals surface area contributed by atoms with Crippen LogP contribution in [0.4, 0.5) is 17.6 Å². The van der Waals surface area contributed by atoms with Crippen LogP contribution in [0.15, 0.2) is 59.1 Å². The minimum atomic E-state index is -4.68. The number of rotatable bonds is 1. The van der Waals surface area contributed by atoms with Crippen molar-refractivity contribution in [1.29, 1.82) is 5.26 Å². The number of halogens is 5. The van der Waals surface area contributed by atoms with Gasteiger partial charge in [0.05, 0.1) is 38.4 Å². The molecule has 0 unspecified atom stereocenters. The fourth-order valence-electron chi connectivity index (χ4n) is 3.20. The maximum Gasteiger partial charge on any atom is 0.416 e. The van der Waals surface area contributed by atoms with Crippen LogP contribution in [0, 0.1) is 17.1 Å². The Balaban J connectivity index is 2.16. The van der Waals surface area contributed by atoms with Gasteiger partial charge >= 0.3 is 6.18 Å². The normalized spacial score (nSPS) is 11.9. The first-order valence-corrected chi connectivity index (χ1v) is 8.60. The van der Waals surface area contributed by atoms with Crippen molar-refractivity contribution in [3.63, 3.8) is 0 Å². The van der Waals surface area contributed by atoms with E-state index in [0.717, 1.165) is 11.5 Å². The quantitative estimate of drug-likeness (QED) is 0.312. The van der Waals surface area contributed by atoms with Crippen molar-refractivity contribution < 1.29 is 17.6 Å². The summed E-state index contributed by atoms with van der Waals surface area (Å²) in [6.07, 6.45) is -4.68. The molecule has 1 heterocycles. The van der Waals surface area contributed by atoms with Crippen molar-refractivity contribution in [2.24, 2.45) is 0 Å². The van der Waals surface area contributed by atoms with Crippen molar-refractivity contribution in [1.82, 2.24) is 4.57 Å². The molecular formula is C20H9BrF4N2. The molecule has 0 amide bonds. The van der Waals surface area contributed by atoms with Crippen LogP contribution in [-0.2, 0) is 6.18 Å². The zero-order valence-corrected chi connectivity index (χ0v) is 15.1. The lowest BCUT2D eigenvalue weighted by molar-refractivity contribution is -0.137. The fraction of sp³-hybridized carbons (Fsp3) is 0.0500. The molecule has 0 saturated carbocycles. The third-order valence-electron chi connectivity index (χ3n) is 4.38. The molecular weight excluding hydrogens is 424 g/mol. The van der Waals surface area contributed by atoms with E-state index in [2.05, 4.69) is 22.0 Å². The second-order valence-electron chi connectivity index (χ2n) is 5.99. The molecule has 134 valence electrons. The molecule has 0 fully saturated rings. The van der Waals surface area contributed by atoms with E-state index in [4.69, 9.17) is 5.26 Å². The van der Waals surface area contributed by atoms with Gasteiger partial charge in [-0.25, -0.2) is 4.39 Å². The first-order chi connectivity index (χ1) is 12.8. The number of nitrogens with zero attached hydrogens (tertiary/aromatic N) is 2. The van der Waals surface area contributed by atoms with E-state index in [9.17, 15) is 17.6 Å². The fourth-order valence-corrected chi connectivity index (χ4v) is 3.61. The van der Waals surface area contributed by atoms with Gasteiger partial charge in [-0.1, -0.05) is 18.2 Å². The molecule has 0 radical (unpaired) electrons. The van der Waals surface area contributed by atoms with E-state index >= 15 is 0 Å². The summed E-state index contributed by atoms with van der Waals surface area (Å²) in [5, 5.41) is 10.6. The van der Waals surface area contributed by atoms with Gasteiger partial charge in [-0.05, 0) is 52.3 Å². The third-order valence-corrected chi connectivity index (χ3v) is 5.16. The van der Waals surface area contributed by atoms with Crippen molar-refractivity contribution >= 4 is 37.7 Å². The Kier molecular flexibility index (Phi) is 3.97. The van der Waals surface area contributed by atoms with Gasteiger partial charge in [0.15, 0.2) is 0 Å². The predicted octanol–water partition coefficient (Wildman–Crippen LogP) is 6.58. The highest BCUT2D eigenvalue weighted by Gasteiger charge is 2.33. The lowest BCUT2D eigenvalue weighted by Gasteiger charge is -2.14. The zero-order valence-electron chi connectivity index (χ0n) is 13.5. The van der Waals surface area contributed by atoms with Gasteiger partial charge in [0.1, 0.15) is 5.82 Å².